The third-order valence-corrected chi connectivity index (χ3v) is 4.20. The summed E-state index contributed by atoms with van der Waals surface area (Å²) in [6.45, 7) is 1.87. The predicted molar refractivity (Wildman–Crippen MR) is 80.1 cm³/mol. The van der Waals surface area contributed by atoms with Crippen molar-refractivity contribution in [1.82, 2.24) is 19.4 Å². The van der Waals surface area contributed by atoms with Gasteiger partial charge in [-0.25, -0.2) is 15.0 Å². The molecule has 0 spiro atoms. The number of nitrogens with zero attached hydrogens (tertiary/aromatic N) is 4. The third-order valence-electron chi connectivity index (χ3n) is 2.56. The predicted octanol–water partition coefficient (Wildman–Crippen LogP) is 1.73. The van der Waals surface area contributed by atoms with Gasteiger partial charge in [-0.15, -0.1) is 11.3 Å². The molecule has 3 heterocycles. The summed E-state index contributed by atoms with van der Waals surface area (Å²) in [5.74, 6) is 0.980. The normalized spacial score (nSPS) is 11.1. The lowest BCUT2D eigenvalue weighted by atomic mass is 10.4. The van der Waals surface area contributed by atoms with Crippen molar-refractivity contribution >= 4 is 33.9 Å². The van der Waals surface area contributed by atoms with Gasteiger partial charge in [0.05, 0.1) is 5.69 Å². The Kier molecular flexibility index (Phi) is 3.41. The molecule has 102 valence electrons. The highest BCUT2D eigenvalue weighted by Crippen LogP contribution is 2.19. The van der Waals surface area contributed by atoms with Crippen LogP contribution in [0.5, 0.6) is 0 Å². The molecule has 2 N–H and O–H groups in total. The topological polar surface area (TPSA) is 86.2 Å². The van der Waals surface area contributed by atoms with Crippen LogP contribution in [0.15, 0.2) is 33.7 Å². The highest BCUT2D eigenvalue weighted by molar-refractivity contribution is 7.98. The Morgan fingerprint density at radius 1 is 1.35 bits per heavy atom. The number of aromatic nitrogens is 4. The molecule has 3 aromatic heterocycles. The van der Waals surface area contributed by atoms with Crippen molar-refractivity contribution in [3.8, 4) is 0 Å². The van der Waals surface area contributed by atoms with Crippen LogP contribution in [0.4, 0.5) is 5.82 Å². The van der Waals surface area contributed by atoms with Gasteiger partial charge in [0.15, 0.2) is 10.1 Å². The van der Waals surface area contributed by atoms with Gasteiger partial charge in [0, 0.05) is 35.2 Å². The molecular formula is C12H11N5OS2. The first-order valence-corrected chi connectivity index (χ1v) is 7.68. The average molecular weight is 305 g/mol. The number of thioether (sulfide) groups is 1. The monoisotopic (exact) mass is 305 g/mol. The molecule has 0 unspecified atom stereocenters. The number of fused-ring (bicyclic) bond motifs is 1. The van der Waals surface area contributed by atoms with E-state index in [-0.39, 0.29) is 5.56 Å². The fourth-order valence-electron chi connectivity index (χ4n) is 1.73. The Bertz CT molecular complexity index is 806. The molecule has 6 nitrogen and oxygen atoms in total. The number of thiazole rings is 1. The second-order valence-electron chi connectivity index (χ2n) is 4.15. The van der Waals surface area contributed by atoms with E-state index in [1.165, 1.54) is 33.6 Å². The molecule has 0 atom stereocenters. The average Bonchev–Trinajstić information content (AvgIpc) is 2.84. The van der Waals surface area contributed by atoms with E-state index in [4.69, 9.17) is 5.73 Å². The van der Waals surface area contributed by atoms with Crippen LogP contribution in [0.2, 0.25) is 0 Å². The SMILES string of the molecule is Cc1cc(N)nc(SCc2cc(=O)n3ccsc3n2)n1. The quantitative estimate of drug-likeness (QED) is 0.586. The molecule has 0 fully saturated rings. The summed E-state index contributed by atoms with van der Waals surface area (Å²) < 4.78 is 1.53. The summed E-state index contributed by atoms with van der Waals surface area (Å²) >= 11 is 2.85. The van der Waals surface area contributed by atoms with Gasteiger partial charge in [-0.05, 0) is 6.92 Å². The Morgan fingerprint density at radius 2 is 2.20 bits per heavy atom. The minimum atomic E-state index is -0.0727. The lowest BCUT2D eigenvalue weighted by Crippen LogP contribution is -2.12. The molecule has 3 rings (SSSR count). The number of hydrogen-bond acceptors (Lipinski definition) is 7. The van der Waals surface area contributed by atoms with Crippen LogP contribution in [0.1, 0.15) is 11.4 Å². The van der Waals surface area contributed by atoms with Crippen molar-refractivity contribution in [2.75, 3.05) is 5.73 Å². The zero-order valence-electron chi connectivity index (χ0n) is 10.6. The summed E-state index contributed by atoms with van der Waals surface area (Å²) in [4.78, 5) is 25.4. The summed E-state index contributed by atoms with van der Waals surface area (Å²) in [5.41, 5.74) is 7.14. The van der Waals surface area contributed by atoms with Gasteiger partial charge < -0.3 is 5.73 Å². The Balaban J connectivity index is 1.84. The van der Waals surface area contributed by atoms with Gasteiger partial charge in [-0.2, -0.15) is 0 Å². The zero-order valence-corrected chi connectivity index (χ0v) is 12.2. The van der Waals surface area contributed by atoms with Gasteiger partial charge >= 0.3 is 0 Å². The summed E-state index contributed by atoms with van der Waals surface area (Å²) in [7, 11) is 0. The van der Waals surface area contributed by atoms with Crippen molar-refractivity contribution in [1.29, 1.82) is 0 Å². The van der Waals surface area contributed by atoms with Gasteiger partial charge in [0.2, 0.25) is 0 Å². The van der Waals surface area contributed by atoms with Gasteiger partial charge in [-0.3, -0.25) is 9.20 Å². The molecule has 20 heavy (non-hydrogen) atoms. The van der Waals surface area contributed by atoms with Crippen LogP contribution in [0, 0.1) is 6.92 Å². The number of nitrogens with two attached hydrogens (primary N) is 1. The van der Waals surface area contributed by atoms with Gasteiger partial charge in [0.25, 0.3) is 5.56 Å². The van der Waals surface area contributed by atoms with Crippen molar-refractivity contribution < 1.29 is 0 Å². The van der Waals surface area contributed by atoms with E-state index in [1.54, 1.807) is 12.3 Å². The molecular weight excluding hydrogens is 294 g/mol. The smallest absolute Gasteiger partial charge is 0.258 e. The Labute approximate surface area is 122 Å². The van der Waals surface area contributed by atoms with Crippen molar-refractivity contribution in [3.05, 3.63) is 45.5 Å². The van der Waals surface area contributed by atoms with Crippen molar-refractivity contribution in [2.24, 2.45) is 0 Å². The lowest BCUT2D eigenvalue weighted by molar-refractivity contribution is 0.938. The van der Waals surface area contributed by atoms with Crippen LogP contribution >= 0.6 is 23.1 Å². The summed E-state index contributed by atoms with van der Waals surface area (Å²) in [5, 5.41) is 2.43. The maximum absolute atomic E-state index is 11.8. The van der Waals surface area contributed by atoms with Crippen molar-refractivity contribution in [2.45, 2.75) is 17.8 Å². The molecule has 0 amide bonds. The molecule has 3 aromatic rings. The summed E-state index contributed by atoms with van der Waals surface area (Å²) in [6, 6.07) is 3.25. The first-order chi connectivity index (χ1) is 9.61. The largest absolute Gasteiger partial charge is 0.384 e. The van der Waals surface area contributed by atoms with Crippen LogP contribution in [0.3, 0.4) is 0 Å². The fraction of sp³-hybridized carbons (Fsp3) is 0.167. The minimum absolute atomic E-state index is 0.0727. The first kappa shape index (κ1) is 13.1. The van der Waals surface area contributed by atoms with E-state index < -0.39 is 0 Å². The standard InChI is InChI=1S/C12H11N5OS2/c1-7-4-9(13)16-11(14-7)20-6-8-5-10(18)17-2-3-19-12(17)15-8/h2-5H,6H2,1H3,(H2,13,14,16). The maximum atomic E-state index is 11.8. The second-order valence-corrected chi connectivity index (χ2v) is 5.96. The van der Waals surface area contributed by atoms with Crippen LogP contribution in [-0.2, 0) is 5.75 Å². The minimum Gasteiger partial charge on any atom is -0.384 e. The van der Waals surface area contributed by atoms with E-state index in [2.05, 4.69) is 15.0 Å². The maximum Gasteiger partial charge on any atom is 0.258 e. The molecule has 0 radical (unpaired) electrons. The van der Waals surface area contributed by atoms with E-state index in [1.807, 2.05) is 12.3 Å². The third kappa shape index (κ3) is 2.66. The molecule has 0 aliphatic heterocycles. The number of nitrogen functional groups attached to an aromatic ring is 1. The van der Waals surface area contributed by atoms with E-state index in [0.29, 0.717) is 27.4 Å². The van der Waals surface area contributed by atoms with Crippen LogP contribution in [0.25, 0.3) is 4.96 Å². The van der Waals surface area contributed by atoms with Gasteiger partial charge in [-0.1, -0.05) is 11.8 Å². The van der Waals surface area contributed by atoms with Crippen LogP contribution < -0.4 is 11.3 Å². The highest BCUT2D eigenvalue weighted by atomic mass is 32.2. The van der Waals surface area contributed by atoms with E-state index in [9.17, 15) is 4.79 Å². The second kappa shape index (κ2) is 5.22. The molecule has 0 aliphatic carbocycles. The number of hydrogen-bond donors (Lipinski definition) is 1. The van der Waals surface area contributed by atoms with Crippen molar-refractivity contribution in [3.63, 3.8) is 0 Å². The highest BCUT2D eigenvalue weighted by Gasteiger charge is 2.06. The fourth-order valence-corrected chi connectivity index (χ4v) is 3.27. The number of aryl methyl sites for hydroxylation is 1. The van der Waals surface area contributed by atoms with E-state index >= 15 is 0 Å². The van der Waals surface area contributed by atoms with Crippen LogP contribution in [-0.4, -0.2) is 19.4 Å². The molecule has 0 saturated carbocycles. The molecule has 0 saturated heterocycles. The molecule has 0 aromatic carbocycles. The Hall–Kier alpha value is -1.93. The lowest BCUT2D eigenvalue weighted by Gasteiger charge is -2.03. The molecule has 0 bridgehead atoms. The molecule has 8 heteroatoms. The first-order valence-electron chi connectivity index (χ1n) is 5.81. The number of anilines is 1. The molecule has 0 aliphatic rings. The van der Waals surface area contributed by atoms with E-state index in [0.717, 1.165) is 5.69 Å². The Morgan fingerprint density at radius 3 is 3.00 bits per heavy atom. The summed E-state index contributed by atoms with van der Waals surface area (Å²) in [6.07, 6.45) is 1.72. The zero-order chi connectivity index (χ0) is 14.1. The van der Waals surface area contributed by atoms with Gasteiger partial charge in [0.1, 0.15) is 5.82 Å². The number of rotatable bonds is 3.